The molecule has 1 fully saturated rings. The quantitative estimate of drug-likeness (QED) is 0.553. The molecule has 0 saturated carbocycles. The van der Waals surface area contributed by atoms with Gasteiger partial charge in [-0.25, -0.2) is 5.43 Å². The van der Waals surface area contributed by atoms with Crippen LogP contribution in [0.25, 0.3) is 0 Å². The molecule has 2 unspecified atom stereocenters. The summed E-state index contributed by atoms with van der Waals surface area (Å²) in [7, 11) is 0. The van der Waals surface area contributed by atoms with Crippen molar-refractivity contribution in [3.05, 3.63) is 35.9 Å². The van der Waals surface area contributed by atoms with Gasteiger partial charge in [0.25, 0.3) is 0 Å². The van der Waals surface area contributed by atoms with Gasteiger partial charge in [0.2, 0.25) is 0 Å². The van der Waals surface area contributed by atoms with Gasteiger partial charge < -0.3 is 5.73 Å². The smallest absolute Gasteiger partial charge is 0.0626 e. The molecule has 64 valence electrons. The second-order valence-electron chi connectivity index (χ2n) is 3.08. The Hall–Kier alpha value is -0.900. The van der Waals surface area contributed by atoms with Gasteiger partial charge in [-0.15, -0.1) is 0 Å². The zero-order valence-electron chi connectivity index (χ0n) is 6.83. The van der Waals surface area contributed by atoms with E-state index in [4.69, 9.17) is 5.73 Å². The third kappa shape index (κ3) is 1.34. The van der Waals surface area contributed by atoms with E-state index < -0.39 is 0 Å². The monoisotopic (exact) mass is 163 g/mol. The third-order valence-electron chi connectivity index (χ3n) is 2.18. The molecule has 1 aromatic carbocycles. The van der Waals surface area contributed by atoms with Crippen LogP contribution in [0.1, 0.15) is 11.6 Å². The molecule has 2 rings (SSSR count). The number of nitrogens with one attached hydrogen (secondary N) is 2. The molecule has 1 aromatic rings. The zero-order chi connectivity index (χ0) is 8.39. The number of rotatable bonds is 1. The van der Waals surface area contributed by atoms with Crippen LogP contribution in [0.4, 0.5) is 0 Å². The van der Waals surface area contributed by atoms with Crippen molar-refractivity contribution in [2.75, 3.05) is 6.54 Å². The van der Waals surface area contributed by atoms with E-state index in [2.05, 4.69) is 23.0 Å². The lowest BCUT2D eigenvalue weighted by Crippen LogP contribution is -2.29. The summed E-state index contributed by atoms with van der Waals surface area (Å²) in [5.41, 5.74) is 13.3. The van der Waals surface area contributed by atoms with Gasteiger partial charge in [0.05, 0.1) is 6.04 Å². The van der Waals surface area contributed by atoms with E-state index >= 15 is 0 Å². The highest BCUT2D eigenvalue weighted by molar-refractivity contribution is 5.21. The summed E-state index contributed by atoms with van der Waals surface area (Å²) in [6, 6.07) is 10.7. The summed E-state index contributed by atoms with van der Waals surface area (Å²) in [5, 5.41) is 0. The predicted molar refractivity (Wildman–Crippen MR) is 48.3 cm³/mol. The van der Waals surface area contributed by atoms with Crippen molar-refractivity contribution in [1.82, 2.24) is 10.9 Å². The van der Waals surface area contributed by atoms with E-state index in [1.54, 1.807) is 0 Å². The first kappa shape index (κ1) is 7.73. The fraction of sp³-hybridized carbons (Fsp3) is 0.333. The molecular formula is C9H13N3. The van der Waals surface area contributed by atoms with Crippen molar-refractivity contribution < 1.29 is 0 Å². The molecule has 4 N–H and O–H groups in total. The molecule has 0 spiro atoms. The Morgan fingerprint density at radius 1 is 1.25 bits per heavy atom. The summed E-state index contributed by atoms with van der Waals surface area (Å²) >= 11 is 0. The molecule has 3 heteroatoms. The third-order valence-corrected chi connectivity index (χ3v) is 2.18. The predicted octanol–water partition coefficient (Wildman–Crippen LogP) is 0.163. The molecule has 1 aliphatic rings. The molecule has 1 saturated heterocycles. The Bertz CT molecular complexity index is 247. The maximum atomic E-state index is 5.89. The van der Waals surface area contributed by atoms with E-state index in [1.165, 1.54) is 5.56 Å². The van der Waals surface area contributed by atoms with Crippen LogP contribution < -0.4 is 16.6 Å². The van der Waals surface area contributed by atoms with Gasteiger partial charge in [0.15, 0.2) is 0 Å². The molecule has 3 nitrogen and oxygen atoms in total. The van der Waals surface area contributed by atoms with Crippen LogP contribution in [-0.4, -0.2) is 12.6 Å². The van der Waals surface area contributed by atoms with Crippen LogP contribution >= 0.6 is 0 Å². The van der Waals surface area contributed by atoms with Gasteiger partial charge in [-0.3, -0.25) is 5.43 Å². The molecule has 1 aliphatic heterocycles. The number of benzene rings is 1. The van der Waals surface area contributed by atoms with E-state index in [1.807, 2.05) is 18.2 Å². The first-order chi connectivity index (χ1) is 5.88. The lowest BCUT2D eigenvalue weighted by atomic mass is 10.0. The van der Waals surface area contributed by atoms with Crippen molar-refractivity contribution in [3.63, 3.8) is 0 Å². The van der Waals surface area contributed by atoms with E-state index in [9.17, 15) is 0 Å². The van der Waals surface area contributed by atoms with Gasteiger partial charge in [0.1, 0.15) is 0 Å². The van der Waals surface area contributed by atoms with E-state index in [0.29, 0.717) is 0 Å². The zero-order valence-corrected chi connectivity index (χ0v) is 6.83. The molecule has 12 heavy (non-hydrogen) atoms. The van der Waals surface area contributed by atoms with Crippen LogP contribution in [0, 0.1) is 0 Å². The average Bonchev–Trinajstić information content (AvgIpc) is 2.53. The lowest BCUT2D eigenvalue weighted by Gasteiger charge is -2.13. The average molecular weight is 163 g/mol. The van der Waals surface area contributed by atoms with Crippen molar-refractivity contribution in [1.29, 1.82) is 0 Å². The Kier molecular flexibility index (Phi) is 2.08. The van der Waals surface area contributed by atoms with Gasteiger partial charge in [-0.2, -0.15) is 0 Å². The maximum absolute atomic E-state index is 5.89. The van der Waals surface area contributed by atoms with Crippen LogP contribution in [0.2, 0.25) is 0 Å². The summed E-state index contributed by atoms with van der Waals surface area (Å²) in [4.78, 5) is 0. The van der Waals surface area contributed by atoms with E-state index in [-0.39, 0.29) is 12.1 Å². The molecule has 2 atom stereocenters. The maximum Gasteiger partial charge on any atom is 0.0626 e. The van der Waals surface area contributed by atoms with Crippen molar-refractivity contribution in [3.8, 4) is 0 Å². The standard InChI is InChI=1S/C9H13N3/c10-8-6-11-12-9(8)7-4-2-1-3-5-7/h1-5,8-9,11-12H,6,10H2. The minimum absolute atomic E-state index is 0.174. The molecular weight excluding hydrogens is 150 g/mol. The first-order valence-corrected chi connectivity index (χ1v) is 4.17. The van der Waals surface area contributed by atoms with Crippen LogP contribution in [0.15, 0.2) is 30.3 Å². The molecule has 0 aromatic heterocycles. The highest BCUT2D eigenvalue weighted by Crippen LogP contribution is 2.16. The highest BCUT2D eigenvalue weighted by Gasteiger charge is 2.23. The number of hydrazine groups is 1. The minimum atomic E-state index is 0.174. The molecule has 0 amide bonds. The fourth-order valence-corrected chi connectivity index (χ4v) is 1.50. The van der Waals surface area contributed by atoms with Gasteiger partial charge >= 0.3 is 0 Å². The van der Waals surface area contributed by atoms with Crippen LogP contribution in [-0.2, 0) is 0 Å². The lowest BCUT2D eigenvalue weighted by molar-refractivity contribution is 0.551. The summed E-state index contributed by atoms with van der Waals surface area (Å²) < 4.78 is 0. The number of hydrogen-bond donors (Lipinski definition) is 3. The highest BCUT2D eigenvalue weighted by atomic mass is 15.4. The SMILES string of the molecule is NC1CNNC1c1ccccc1. The van der Waals surface area contributed by atoms with Crippen molar-refractivity contribution in [2.45, 2.75) is 12.1 Å². The van der Waals surface area contributed by atoms with Gasteiger partial charge in [-0.1, -0.05) is 30.3 Å². The van der Waals surface area contributed by atoms with Crippen LogP contribution in [0.3, 0.4) is 0 Å². The largest absolute Gasteiger partial charge is 0.325 e. The summed E-state index contributed by atoms with van der Waals surface area (Å²) in [6.45, 7) is 0.833. The molecule has 0 radical (unpaired) electrons. The van der Waals surface area contributed by atoms with Crippen molar-refractivity contribution in [2.24, 2.45) is 5.73 Å². The van der Waals surface area contributed by atoms with Gasteiger partial charge in [0, 0.05) is 12.6 Å². The Morgan fingerprint density at radius 3 is 2.58 bits per heavy atom. The molecule has 1 heterocycles. The van der Waals surface area contributed by atoms with Gasteiger partial charge in [-0.05, 0) is 5.56 Å². The first-order valence-electron chi connectivity index (χ1n) is 4.17. The fourth-order valence-electron chi connectivity index (χ4n) is 1.50. The molecule has 0 aliphatic carbocycles. The van der Waals surface area contributed by atoms with Crippen LogP contribution in [0.5, 0.6) is 0 Å². The summed E-state index contributed by atoms with van der Waals surface area (Å²) in [6.07, 6.45) is 0. The van der Waals surface area contributed by atoms with E-state index in [0.717, 1.165) is 6.54 Å². The Balaban J connectivity index is 2.19. The second kappa shape index (κ2) is 3.23. The Morgan fingerprint density at radius 2 is 2.00 bits per heavy atom. The minimum Gasteiger partial charge on any atom is -0.325 e. The number of nitrogens with two attached hydrogens (primary N) is 1. The normalized spacial score (nSPS) is 29.1. The molecule has 0 bridgehead atoms. The Labute approximate surface area is 71.9 Å². The van der Waals surface area contributed by atoms with Crippen molar-refractivity contribution >= 4 is 0 Å². The second-order valence-corrected chi connectivity index (χ2v) is 3.08. The number of hydrogen-bond acceptors (Lipinski definition) is 3. The summed E-state index contributed by atoms with van der Waals surface area (Å²) in [5.74, 6) is 0. The topological polar surface area (TPSA) is 50.1 Å².